The third-order valence-corrected chi connectivity index (χ3v) is 5.39. The van der Waals surface area contributed by atoms with E-state index in [4.69, 9.17) is 14.7 Å². The van der Waals surface area contributed by atoms with Gasteiger partial charge in [-0.15, -0.1) is 0 Å². The third kappa shape index (κ3) is 4.13. The summed E-state index contributed by atoms with van der Waals surface area (Å²) in [6.45, 7) is 6.47. The van der Waals surface area contributed by atoms with Crippen molar-refractivity contribution in [3.8, 4) is 11.9 Å². The molecule has 0 radical (unpaired) electrons. The van der Waals surface area contributed by atoms with Gasteiger partial charge in [-0.1, -0.05) is 0 Å². The van der Waals surface area contributed by atoms with Crippen molar-refractivity contribution in [2.24, 2.45) is 0 Å². The number of ether oxygens (including phenoxy) is 2. The molecule has 0 N–H and O–H groups in total. The molecule has 2 aromatic rings. The van der Waals surface area contributed by atoms with Gasteiger partial charge in [-0.3, -0.25) is 9.78 Å². The Morgan fingerprint density at radius 2 is 2.12 bits per heavy atom. The van der Waals surface area contributed by atoms with Crippen LogP contribution in [0, 0.1) is 11.3 Å². The van der Waals surface area contributed by atoms with Crippen LogP contribution >= 0.6 is 0 Å². The molecule has 11 nitrogen and oxygen atoms in total. The van der Waals surface area contributed by atoms with Crippen molar-refractivity contribution in [1.29, 1.82) is 5.26 Å². The first-order valence-electron chi connectivity index (χ1n) is 10.3. The molecule has 1 saturated heterocycles. The minimum Gasteiger partial charge on any atom is -0.444 e. The molecule has 168 valence electrons. The summed E-state index contributed by atoms with van der Waals surface area (Å²) in [5.41, 5.74) is 0.604. The van der Waals surface area contributed by atoms with E-state index in [0.717, 1.165) is 0 Å². The molecule has 0 unspecified atom stereocenters. The molecule has 32 heavy (non-hydrogen) atoms. The minimum absolute atomic E-state index is 0.193. The second kappa shape index (κ2) is 8.20. The average molecular weight is 439 g/mol. The van der Waals surface area contributed by atoms with Crippen molar-refractivity contribution >= 4 is 12.0 Å². The lowest BCUT2D eigenvalue weighted by atomic mass is 10.1. The summed E-state index contributed by atoms with van der Waals surface area (Å²) in [7, 11) is 1.58. The predicted molar refractivity (Wildman–Crippen MR) is 111 cm³/mol. The first-order chi connectivity index (χ1) is 15.2. The first-order valence-corrected chi connectivity index (χ1v) is 10.3. The van der Waals surface area contributed by atoms with E-state index in [9.17, 15) is 9.59 Å². The fourth-order valence-corrected chi connectivity index (χ4v) is 3.98. The monoisotopic (exact) mass is 439 g/mol. The van der Waals surface area contributed by atoms with Gasteiger partial charge in [0.1, 0.15) is 11.7 Å². The molecule has 2 aliphatic rings. The van der Waals surface area contributed by atoms with Crippen LogP contribution in [-0.4, -0.2) is 79.5 Å². The molecule has 2 amide bonds. The van der Waals surface area contributed by atoms with E-state index in [1.807, 2.05) is 26.8 Å². The Bertz CT molecular complexity index is 1080. The zero-order valence-corrected chi connectivity index (χ0v) is 18.5. The van der Waals surface area contributed by atoms with E-state index >= 15 is 0 Å². The lowest BCUT2D eigenvalue weighted by Crippen LogP contribution is -2.43. The van der Waals surface area contributed by atoms with Crippen LogP contribution in [0.1, 0.15) is 48.9 Å². The molecule has 4 heterocycles. The SMILES string of the molecule is COC[C@@H]1C[C@@H](N2Cc3ncc(-n4cc(C#N)cn4)nc3C2=O)CN1C(=O)OC(C)(C)C. The molecule has 0 spiro atoms. The van der Waals surface area contributed by atoms with E-state index in [1.54, 1.807) is 16.9 Å². The van der Waals surface area contributed by atoms with Gasteiger partial charge in [0.05, 0.1) is 55.1 Å². The number of hydrogen-bond donors (Lipinski definition) is 0. The highest BCUT2D eigenvalue weighted by atomic mass is 16.6. The van der Waals surface area contributed by atoms with Crippen LogP contribution in [0.2, 0.25) is 0 Å². The molecule has 0 saturated carbocycles. The van der Waals surface area contributed by atoms with Gasteiger partial charge in [0, 0.05) is 13.7 Å². The standard InChI is InChI=1S/C21H25N7O4/c1-21(2,3)32-20(30)27-10-14(5-15(27)12-31-4)26-11-16-18(19(26)29)25-17(8-23-16)28-9-13(6-22)7-24-28/h7-9,14-15H,5,10-12H2,1-4H3/t14-,15+/m1/s1. The number of aromatic nitrogens is 4. The van der Waals surface area contributed by atoms with E-state index in [2.05, 4.69) is 15.1 Å². The smallest absolute Gasteiger partial charge is 0.410 e. The maximum absolute atomic E-state index is 13.2. The molecule has 2 aromatic heterocycles. The molecule has 2 atom stereocenters. The minimum atomic E-state index is -0.616. The van der Waals surface area contributed by atoms with Crippen LogP contribution in [0.25, 0.3) is 5.82 Å². The summed E-state index contributed by atoms with van der Waals surface area (Å²) < 4.78 is 12.3. The van der Waals surface area contributed by atoms with E-state index in [1.165, 1.54) is 23.3 Å². The average Bonchev–Trinajstić information content (AvgIpc) is 3.44. The number of methoxy groups -OCH3 is 1. The number of rotatable bonds is 4. The number of hydrogen-bond acceptors (Lipinski definition) is 8. The third-order valence-electron chi connectivity index (χ3n) is 5.39. The number of fused-ring (bicyclic) bond motifs is 1. The zero-order chi connectivity index (χ0) is 23.0. The van der Waals surface area contributed by atoms with Crippen LogP contribution in [0.3, 0.4) is 0 Å². The molecular weight excluding hydrogens is 414 g/mol. The lowest BCUT2D eigenvalue weighted by molar-refractivity contribution is 0.0140. The molecular formula is C21H25N7O4. The van der Waals surface area contributed by atoms with E-state index in [-0.39, 0.29) is 23.7 Å². The van der Waals surface area contributed by atoms with Crippen LogP contribution in [0.15, 0.2) is 18.6 Å². The molecule has 2 aliphatic heterocycles. The number of carbonyl (C=O) groups excluding carboxylic acids is 2. The van der Waals surface area contributed by atoms with Crippen LogP contribution < -0.4 is 0 Å². The Morgan fingerprint density at radius 3 is 2.78 bits per heavy atom. The molecule has 0 aliphatic carbocycles. The van der Waals surface area contributed by atoms with Crippen LogP contribution in [0.5, 0.6) is 0 Å². The molecule has 0 bridgehead atoms. The Morgan fingerprint density at radius 1 is 1.34 bits per heavy atom. The Hall–Kier alpha value is -3.52. The maximum Gasteiger partial charge on any atom is 0.410 e. The fourth-order valence-electron chi connectivity index (χ4n) is 3.98. The number of nitriles is 1. The summed E-state index contributed by atoms with van der Waals surface area (Å²) in [5.74, 6) is 0.119. The number of nitrogens with zero attached hydrogens (tertiary/aromatic N) is 7. The summed E-state index contributed by atoms with van der Waals surface area (Å²) in [6, 6.07) is 1.61. The summed E-state index contributed by atoms with van der Waals surface area (Å²) in [4.78, 5) is 38.1. The second-order valence-electron chi connectivity index (χ2n) is 8.87. The Balaban J connectivity index is 1.53. The van der Waals surface area contributed by atoms with Gasteiger partial charge in [-0.2, -0.15) is 10.4 Å². The van der Waals surface area contributed by atoms with Gasteiger partial charge in [0.2, 0.25) is 0 Å². The number of likely N-dealkylation sites (tertiary alicyclic amines) is 1. The van der Waals surface area contributed by atoms with Gasteiger partial charge >= 0.3 is 6.09 Å². The Kier molecular flexibility index (Phi) is 5.56. The van der Waals surface area contributed by atoms with E-state index in [0.29, 0.717) is 43.2 Å². The normalized spacial score (nSPS) is 20.4. The lowest BCUT2D eigenvalue weighted by Gasteiger charge is -2.28. The van der Waals surface area contributed by atoms with Crippen LogP contribution in [0.4, 0.5) is 4.79 Å². The van der Waals surface area contributed by atoms with Crippen molar-refractivity contribution in [2.45, 2.75) is 51.4 Å². The largest absolute Gasteiger partial charge is 0.444 e. The van der Waals surface area contributed by atoms with Crippen molar-refractivity contribution in [3.05, 3.63) is 35.5 Å². The number of amides is 2. The summed E-state index contributed by atoms with van der Waals surface area (Å²) >= 11 is 0. The van der Waals surface area contributed by atoms with Gasteiger partial charge < -0.3 is 19.3 Å². The highest BCUT2D eigenvalue weighted by Crippen LogP contribution is 2.30. The zero-order valence-electron chi connectivity index (χ0n) is 18.5. The van der Waals surface area contributed by atoms with E-state index < -0.39 is 11.7 Å². The molecule has 0 aromatic carbocycles. The topological polar surface area (TPSA) is 126 Å². The van der Waals surface area contributed by atoms with Crippen molar-refractivity contribution < 1.29 is 19.1 Å². The molecule has 11 heteroatoms. The van der Waals surface area contributed by atoms with Crippen LogP contribution in [-0.2, 0) is 16.0 Å². The Labute approximate surface area is 185 Å². The fraction of sp³-hybridized carbons (Fsp3) is 0.524. The summed E-state index contributed by atoms with van der Waals surface area (Å²) in [6.07, 6.45) is 4.63. The molecule has 4 rings (SSSR count). The van der Waals surface area contributed by atoms with Gasteiger partial charge in [-0.05, 0) is 27.2 Å². The van der Waals surface area contributed by atoms with Gasteiger partial charge in [0.15, 0.2) is 11.5 Å². The number of carbonyl (C=O) groups is 2. The van der Waals surface area contributed by atoms with Crippen molar-refractivity contribution in [3.63, 3.8) is 0 Å². The highest BCUT2D eigenvalue weighted by molar-refractivity contribution is 5.96. The maximum atomic E-state index is 13.2. The quantitative estimate of drug-likeness (QED) is 0.702. The first kappa shape index (κ1) is 21.7. The molecule has 1 fully saturated rings. The summed E-state index contributed by atoms with van der Waals surface area (Å²) in [5, 5.41) is 13.1. The van der Waals surface area contributed by atoms with Gasteiger partial charge in [0.25, 0.3) is 5.91 Å². The van der Waals surface area contributed by atoms with Crippen molar-refractivity contribution in [2.75, 3.05) is 20.3 Å². The van der Waals surface area contributed by atoms with Crippen molar-refractivity contribution in [1.82, 2.24) is 29.5 Å². The second-order valence-corrected chi connectivity index (χ2v) is 8.87. The highest BCUT2D eigenvalue weighted by Gasteiger charge is 2.44. The van der Waals surface area contributed by atoms with Gasteiger partial charge in [-0.25, -0.2) is 14.5 Å². The predicted octanol–water partition coefficient (Wildman–Crippen LogP) is 1.51.